The van der Waals surface area contributed by atoms with Crippen molar-refractivity contribution >= 4 is 55.0 Å². The first-order valence-corrected chi connectivity index (χ1v) is 13.3. The van der Waals surface area contributed by atoms with E-state index in [1.807, 2.05) is 86.6 Å². The van der Waals surface area contributed by atoms with Gasteiger partial charge in [0, 0.05) is 25.2 Å². The Bertz CT molecular complexity index is 1730. The number of ether oxygens (including phenoxy) is 1. The highest BCUT2D eigenvalue weighted by Crippen LogP contribution is 2.45. The lowest BCUT2D eigenvalue weighted by molar-refractivity contribution is -0.117. The SMILES string of the molecule is CCOc1ccc2nc(N3C(=O)C(O)=C(C(=O)c4cc5ccccc5o4)[C@H]3c3ccc(N(C)C)cc3)sc2c1. The van der Waals surface area contributed by atoms with E-state index >= 15 is 0 Å². The highest BCUT2D eigenvalue weighted by atomic mass is 32.1. The molecule has 8 nitrogen and oxygen atoms in total. The quantitative estimate of drug-likeness (QED) is 0.243. The minimum absolute atomic E-state index is 0.0490. The Morgan fingerprint density at radius 2 is 1.87 bits per heavy atom. The molecule has 3 aromatic carbocycles. The second-order valence-corrected chi connectivity index (χ2v) is 10.4. The van der Waals surface area contributed by atoms with Crippen molar-refractivity contribution in [1.29, 1.82) is 0 Å². The summed E-state index contributed by atoms with van der Waals surface area (Å²) in [4.78, 5) is 35.5. The fourth-order valence-corrected chi connectivity index (χ4v) is 5.80. The van der Waals surface area contributed by atoms with E-state index in [1.54, 1.807) is 12.1 Å². The summed E-state index contributed by atoms with van der Waals surface area (Å²) in [6.07, 6.45) is 0. The first-order chi connectivity index (χ1) is 18.9. The van der Waals surface area contributed by atoms with Gasteiger partial charge in [-0.25, -0.2) is 4.98 Å². The van der Waals surface area contributed by atoms with Gasteiger partial charge in [0.1, 0.15) is 11.3 Å². The number of rotatable bonds is 7. The summed E-state index contributed by atoms with van der Waals surface area (Å²) in [6, 6.07) is 21.0. The number of aromatic nitrogens is 1. The molecule has 1 N–H and O–H groups in total. The van der Waals surface area contributed by atoms with Crippen LogP contribution in [-0.4, -0.2) is 42.5 Å². The Labute approximate surface area is 228 Å². The van der Waals surface area contributed by atoms with E-state index in [-0.39, 0.29) is 11.3 Å². The van der Waals surface area contributed by atoms with Crippen molar-refractivity contribution in [3.05, 3.63) is 95.5 Å². The van der Waals surface area contributed by atoms with Crippen LogP contribution in [0.15, 0.2) is 88.5 Å². The number of carbonyl (C=O) groups excluding carboxylic acids is 2. The number of amides is 1. The standard InChI is InChI=1S/C30H25N3O5S/c1-4-37-20-13-14-21-24(16-20)39-30(31-21)33-26(17-9-11-19(12-10-17)32(2)3)25(28(35)29(33)36)27(34)23-15-18-7-5-6-8-22(18)38-23/h5-16,26,35H,4H2,1-3H3/t26-/m1/s1. The molecule has 1 aliphatic heterocycles. The van der Waals surface area contributed by atoms with E-state index in [1.165, 1.54) is 16.2 Å². The molecule has 1 atom stereocenters. The highest BCUT2D eigenvalue weighted by molar-refractivity contribution is 7.22. The largest absolute Gasteiger partial charge is 0.503 e. The van der Waals surface area contributed by atoms with Gasteiger partial charge in [0.25, 0.3) is 5.91 Å². The number of benzene rings is 3. The van der Waals surface area contributed by atoms with Crippen LogP contribution < -0.4 is 14.5 Å². The molecule has 6 rings (SSSR count). The van der Waals surface area contributed by atoms with Crippen LogP contribution in [0, 0.1) is 0 Å². The Balaban J connectivity index is 1.48. The predicted molar refractivity (Wildman–Crippen MR) is 152 cm³/mol. The minimum atomic E-state index is -0.902. The number of carbonyl (C=O) groups is 2. The topological polar surface area (TPSA) is 96.1 Å². The third kappa shape index (κ3) is 4.21. The monoisotopic (exact) mass is 539 g/mol. The maximum absolute atomic E-state index is 13.9. The van der Waals surface area contributed by atoms with Crippen LogP contribution in [-0.2, 0) is 4.79 Å². The molecule has 5 aromatic rings. The van der Waals surface area contributed by atoms with Crippen molar-refractivity contribution < 1.29 is 23.8 Å². The lowest BCUT2D eigenvalue weighted by atomic mass is 9.95. The van der Waals surface area contributed by atoms with Crippen molar-refractivity contribution in [2.75, 3.05) is 30.5 Å². The van der Waals surface area contributed by atoms with Crippen molar-refractivity contribution in [3.8, 4) is 5.75 Å². The van der Waals surface area contributed by atoms with Gasteiger partial charge in [0.2, 0.25) is 5.78 Å². The number of aliphatic hydroxyl groups is 1. The van der Waals surface area contributed by atoms with Crippen molar-refractivity contribution in [2.45, 2.75) is 13.0 Å². The maximum Gasteiger partial charge on any atom is 0.296 e. The van der Waals surface area contributed by atoms with Gasteiger partial charge in [-0.2, -0.15) is 0 Å². The minimum Gasteiger partial charge on any atom is -0.503 e. The summed E-state index contributed by atoms with van der Waals surface area (Å²) in [6.45, 7) is 2.43. The van der Waals surface area contributed by atoms with Gasteiger partial charge in [-0.15, -0.1) is 0 Å². The number of ketones is 1. The van der Waals surface area contributed by atoms with Gasteiger partial charge < -0.3 is 19.2 Å². The van der Waals surface area contributed by atoms with E-state index < -0.39 is 23.5 Å². The van der Waals surface area contributed by atoms with Crippen LogP contribution >= 0.6 is 11.3 Å². The first kappa shape index (κ1) is 24.7. The molecular formula is C30H25N3O5S. The zero-order valence-corrected chi connectivity index (χ0v) is 22.4. The van der Waals surface area contributed by atoms with Gasteiger partial charge >= 0.3 is 0 Å². The zero-order chi connectivity index (χ0) is 27.3. The Kier molecular flexibility index (Phi) is 6.07. The summed E-state index contributed by atoms with van der Waals surface area (Å²) in [5.41, 5.74) is 2.80. The number of aliphatic hydroxyl groups excluding tert-OH is 1. The van der Waals surface area contributed by atoms with Crippen molar-refractivity contribution in [3.63, 3.8) is 0 Å². The molecule has 2 aromatic heterocycles. The van der Waals surface area contributed by atoms with Gasteiger partial charge in [0.15, 0.2) is 16.7 Å². The predicted octanol–water partition coefficient (Wildman–Crippen LogP) is 6.29. The van der Waals surface area contributed by atoms with Crippen molar-refractivity contribution in [1.82, 2.24) is 4.98 Å². The molecule has 0 bridgehead atoms. The number of fused-ring (bicyclic) bond motifs is 2. The Morgan fingerprint density at radius 3 is 2.59 bits per heavy atom. The van der Waals surface area contributed by atoms with E-state index in [9.17, 15) is 14.7 Å². The summed E-state index contributed by atoms with van der Waals surface area (Å²) in [5, 5.41) is 12.3. The summed E-state index contributed by atoms with van der Waals surface area (Å²) >= 11 is 1.29. The number of para-hydroxylation sites is 1. The highest BCUT2D eigenvalue weighted by Gasteiger charge is 2.46. The van der Waals surface area contributed by atoms with Gasteiger partial charge in [-0.05, 0) is 55.0 Å². The number of nitrogens with zero attached hydrogens (tertiary/aromatic N) is 3. The van der Waals surface area contributed by atoms with Gasteiger partial charge in [-0.3, -0.25) is 14.5 Å². The molecule has 0 saturated carbocycles. The van der Waals surface area contributed by atoms with Crippen LogP contribution in [0.5, 0.6) is 5.75 Å². The molecule has 9 heteroatoms. The number of thiazole rings is 1. The van der Waals surface area contributed by atoms with E-state index in [0.717, 1.165) is 15.8 Å². The number of anilines is 2. The van der Waals surface area contributed by atoms with E-state index in [0.29, 0.717) is 34.2 Å². The molecule has 39 heavy (non-hydrogen) atoms. The normalized spacial score (nSPS) is 15.5. The molecule has 196 valence electrons. The third-order valence-electron chi connectivity index (χ3n) is 6.69. The second-order valence-electron chi connectivity index (χ2n) is 9.36. The Hall–Kier alpha value is -4.63. The van der Waals surface area contributed by atoms with Crippen LogP contribution in [0.1, 0.15) is 29.1 Å². The molecular weight excluding hydrogens is 514 g/mol. The maximum atomic E-state index is 13.9. The fourth-order valence-electron chi connectivity index (χ4n) is 4.78. The molecule has 0 saturated heterocycles. The number of Topliss-reactive ketones (excluding diaryl/α,β-unsaturated/α-hetero) is 1. The van der Waals surface area contributed by atoms with Gasteiger partial charge in [-0.1, -0.05) is 41.7 Å². The molecule has 0 unspecified atom stereocenters. The lowest BCUT2D eigenvalue weighted by Crippen LogP contribution is -2.31. The van der Waals surface area contributed by atoms with Gasteiger partial charge in [0.05, 0.1) is 28.4 Å². The number of hydrogen-bond acceptors (Lipinski definition) is 8. The zero-order valence-electron chi connectivity index (χ0n) is 21.5. The third-order valence-corrected chi connectivity index (χ3v) is 7.71. The Morgan fingerprint density at radius 1 is 1.10 bits per heavy atom. The molecule has 0 fully saturated rings. The molecule has 3 heterocycles. The summed E-state index contributed by atoms with van der Waals surface area (Å²) < 4.78 is 12.3. The van der Waals surface area contributed by atoms with Crippen molar-refractivity contribution in [2.24, 2.45) is 0 Å². The molecule has 0 aliphatic carbocycles. The average Bonchev–Trinajstić information content (AvgIpc) is 3.62. The summed E-state index contributed by atoms with van der Waals surface area (Å²) in [5.74, 6) is -1.11. The summed E-state index contributed by atoms with van der Waals surface area (Å²) in [7, 11) is 3.86. The van der Waals surface area contributed by atoms with E-state index in [2.05, 4.69) is 0 Å². The molecule has 1 aliphatic rings. The number of hydrogen-bond donors (Lipinski definition) is 1. The molecule has 0 radical (unpaired) electrons. The molecule has 1 amide bonds. The van der Waals surface area contributed by atoms with Crippen LogP contribution in [0.3, 0.4) is 0 Å². The van der Waals surface area contributed by atoms with E-state index in [4.69, 9.17) is 14.1 Å². The van der Waals surface area contributed by atoms with Crippen LogP contribution in [0.25, 0.3) is 21.2 Å². The average molecular weight is 540 g/mol. The molecule has 0 spiro atoms. The second kappa shape index (κ2) is 9.59. The van der Waals surface area contributed by atoms with Crippen LogP contribution in [0.4, 0.5) is 10.8 Å². The fraction of sp³-hybridized carbons (Fsp3) is 0.167. The lowest BCUT2D eigenvalue weighted by Gasteiger charge is -2.25. The first-order valence-electron chi connectivity index (χ1n) is 12.5. The number of furan rings is 1. The smallest absolute Gasteiger partial charge is 0.296 e. The van der Waals surface area contributed by atoms with Crippen LogP contribution in [0.2, 0.25) is 0 Å².